The number of hydrogen-bond acceptors (Lipinski definition) is 8. The van der Waals surface area contributed by atoms with Crippen LogP contribution in [0.5, 0.6) is 0 Å². The van der Waals surface area contributed by atoms with Crippen molar-refractivity contribution in [2.24, 2.45) is 0 Å². The molecule has 11 heteroatoms. The largest absolute Gasteiger partial charge is 0.337 e. The van der Waals surface area contributed by atoms with Gasteiger partial charge in [0.2, 0.25) is 21.7 Å². The highest BCUT2D eigenvalue weighted by Crippen LogP contribution is 2.27. The van der Waals surface area contributed by atoms with Gasteiger partial charge in [0.05, 0.1) is 16.3 Å². The molecule has 0 amide bonds. The number of benzene rings is 1. The summed E-state index contributed by atoms with van der Waals surface area (Å²) in [5.41, 5.74) is -0.487. The molecule has 0 fully saturated rings. The molecule has 0 spiro atoms. The lowest BCUT2D eigenvalue weighted by molar-refractivity contribution is -0.387. The fourth-order valence-electron chi connectivity index (χ4n) is 2.09. The number of hydrogen-bond donors (Lipinski definition) is 0. The highest BCUT2D eigenvalue weighted by atomic mass is 32.2. The van der Waals surface area contributed by atoms with Gasteiger partial charge in [-0.3, -0.25) is 10.1 Å². The average molecular weight is 380 g/mol. The van der Waals surface area contributed by atoms with E-state index >= 15 is 0 Å². The standard InChI is InChI=1S/C14H12N4O5S2/c1-17(9-13-15-14(16-23-13)11-6-4-8-24-11)25(21,22)12-7-3-2-5-10(12)18(19)20/h2-8H,9H2,1H3. The van der Waals surface area contributed by atoms with E-state index in [1.165, 1.54) is 36.6 Å². The summed E-state index contributed by atoms with van der Waals surface area (Å²) >= 11 is 1.42. The van der Waals surface area contributed by atoms with Crippen molar-refractivity contribution in [2.75, 3.05) is 7.05 Å². The van der Waals surface area contributed by atoms with Crippen molar-refractivity contribution in [3.63, 3.8) is 0 Å². The van der Waals surface area contributed by atoms with E-state index in [0.717, 1.165) is 15.2 Å². The predicted molar refractivity (Wildman–Crippen MR) is 89.4 cm³/mol. The number of rotatable bonds is 6. The van der Waals surface area contributed by atoms with Crippen LogP contribution < -0.4 is 0 Å². The van der Waals surface area contributed by atoms with Crippen molar-refractivity contribution in [3.8, 4) is 10.7 Å². The first-order chi connectivity index (χ1) is 11.9. The minimum absolute atomic E-state index is 0.0908. The van der Waals surface area contributed by atoms with Gasteiger partial charge in [-0.15, -0.1) is 11.3 Å². The minimum Gasteiger partial charge on any atom is -0.337 e. The highest BCUT2D eigenvalue weighted by molar-refractivity contribution is 7.89. The molecule has 25 heavy (non-hydrogen) atoms. The van der Waals surface area contributed by atoms with Crippen molar-refractivity contribution < 1.29 is 17.9 Å². The maximum absolute atomic E-state index is 12.6. The van der Waals surface area contributed by atoms with Gasteiger partial charge in [0.25, 0.3) is 5.69 Å². The van der Waals surface area contributed by atoms with Gasteiger partial charge in [0.1, 0.15) is 0 Å². The number of nitro groups is 1. The third-order valence-corrected chi connectivity index (χ3v) is 6.03. The molecular weight excluding hydrogens is 368 g/mol. The maximum Gasteiger partial charge on any atom is 0.289 e. The number of sulfonamides is 1. The quantitative estimate of drug-likeness (QED) is 0.476. The Morgan fingerprint density at radius 1 is 1.28 bits per heavy atom. The van der Waals surface area contributed by atoms with Crippen LogP contribution in [-0.2, 0) is 16.6 Å². The lowest BCUT2D eigenvalue weighted by Gasteiger charge is -2.14. The van der Waals surface area contributed by atoms with Crippen LogP contribution in [0.1, 0.15) is 5.89 Å². The topological polar surface area (TPSA) is 119 Å². The molecule has 0 atom stereocenters. The van der Waals surface area contributed by atoms with Crippen LogP contribution in [0.3, 0.4) is 0 Å². The van der Waals surface area contributed by atoms with Crippen LogP contribution in [0, 0.1) is 10.1 Å². The highest BCUT2D eigenvalue weighted by Gasteiger charge is 2.30. The summed E-state index contributed by atoms with van der Waals surface area (Å²) in [7, 11) is -2.80. The first-order valence-electron chi connectivity index (χ1n) is 6.96. The summed E-state index contributed by atoms with van der Waals surface area (Å²) in [6.45, 7) is -0.202. The van der Waals surface area contributed by atoms with Crippen molar-refractivity contribution >= 4 is 27.0 Å². The molecule has 3 rings (SSSR count). The van der Waals surface area contributed by atoms with E-state index in [4.69, 9.17) is 4.52 Å². The Morgan fingerprint density at radius 3 is 2.72 bits per heavy atom. The molecule has 2 heterocycles. The van der Waals surface area contributed by atoms with Gasteiger partial charge in [-0.1, -0.05) is 23.4 Å². The maximum atomic E-state index is 12.6. The second kappa shape index (κ2) is 6.70. The summed E-state index contributed by atoms with van der Waals surface area (Å²) in [6, 6.07) is 8.81. The molecule has 130 valence electrons. The minimum atomic E-state index is -4.09. The fraction of sp³-hybridized carbons (Fsp3) is 0.143. The third-order valence-electron chi connectivity index (χ3n) is 3.32. The Balaban J connectivity index is 1.86. The van der Waals surface area contributed by atoms with Gasteiger partial charge in [-0.2, -0.15) is 9.29 Å². The molecule has 0 N–H and O–H groups in total. The van der Waals surface area contributed by atoms with Crippen LogP contribution in [-0.4, -0.2) is 34.8 Å². The number of aromatic nitrogens is 2. The van der Waals surface area contributed by atoms with E-state index in [0.29, 0.717) is 5.82 Å². The molecule has 0 saturated carbocycles. The van der Waals surface area contributed by atoms with Crippen LogP contribution in [0.4, 0.5) is 5.69 Å². The molecule has 0 aliphatic heterocycles. The summed E-state index contributed by atoms with van der Waals surface area (Å²) < 4.78 is 31.3. The first kappa shape index (κ1) is 17.2. The number of nitrogens with zero attached hydrogens (tertiary/aromatic N) is 4. The normalized spacial score (nSPS) is 11.8. The van der Waals surface area contributed by atoms with E-state index in [1.54, 1.807) is 0 Å². The Morgan fingerprint density at radius 2 is 2.04 bits per heavy atom. The number of para-hydroxylation sites is 1. The Hall–Kier alpha value is -2.63. The SMILES string of the molecule is CN(Cc1nc(-c2cccs2)no1)S(=O)(=O)c1ccccc1[N+](=O)[O-]. The molecule has 0 aliphatic carbocycles. The molecule has 9 nitrogen and oxygen atoms in total. The summed E-state index contributed by atoms with van der Waals surface area (Å²) in [6.07, 6.45) is 0. The Kier molecular flexibility index (Phi) is 4.61. The summed E-state index contributed by atoms with van der Waals surface area (Å²) in [4.78, 5) is 14.9. The van der Waals surface area contributed by atoms with Gasteiger partial charge in [0, 0.05) is 13.1 Å². The van der Waals surface area contributed by atoms with Crippen molar-refractivity contribution in [1.29, 1.82) is 0 Å². The monoisotopic (exact) mass is 380 g/mol. The molecule has 0 saturated heterocycles. The summed E-state index contributed by atoms with van der Waals surface area (Å²) in [5.74, 6) is 0.453. The van der Waals surface area contributed by atoms with Crippen molar-refractivity contribution in [2.45, 2.75) is 11.4 Å². The molecule has 0 radical (unpaired) electrons. The fourth-order valence-corrected chi connectivity index (χ4v) is 4.02. The Labute approximate surface area is 146 Å². The van der Waals surface area contributed by atoms with Crippen molar-refractivity contribution in [1.82, 2.24) is 14.4 Å². The molecule has 2 aromatic heterocycles. The van der Waals surface area contributed by atoms with Crippen LogP contribution >= 0.6 is 11.3 Å². The van der Waals surface area contributed by atoms with E-state index in [-0.39, 0.29) is 17.3 Å². The van der Waals surface area contributed by atoms with Crippen LogP contribution in [0.25, 0.3) is 10.7 Å². The molecule has 0 bridgehead atoms. The molecule has 0 aliphatic rings. The second-order valence-electron chi connectivity index (χ2n) is 4.97. The molecular formula is C14H12N4O5S2. The lowest BCUT2D eigenvalue weighted by atomic mass is 10.3. The molecule has 1 aromatic carbocycles. The predicted octanol–water partition coefficient (Wildman–Crippen LogP) is 2.53. The van der Waals surface area contributed by atoms with Gasteiger partial charge in [0.15, 0.2) is 4.90 Å². The number of nitro benzene ring substituents is 1. The van der Waals surface area contributed by atoms with E-state index in [9.17, 15) is 18.5 Å². The van der Waals surface area contributed by atoms with Gasteiger partial charge >= 0.3 is 0 Å². The molecule has 0 unspecified atom stereocenters. The zero-order valence-electron chi connectivity index (χ0n) is 12.9. The second-order valence-corrected chi connectivity index (χ2v) is 7.94. The molecule has 3 aromatic rings. The third kappa shape index (κ3) is 3.43. The van der Waals surface area contributed by atoms with Crippen LogP contribution in [0.2, 0.25) is 0 Å². The van der Waals surface area contributed by atoms with E-state index in [2.05, 4.69) is 10.1 Å². The Bertz CT molecular complexity index is 998. The first-order valence-corrected chi connectivity index (χ1v) is 9.28. The zero-order valence-corrected chi connectivity index (χ0v) is 14.5. The van der Waals surface area contributed by atoms with E-state index in [1.807, 2.05) is 17.5 Å². The lowest BCUT2D eigenvalue weighted by Crippen LogP contribution is -2.27. The van der Waals surface area contributed by atoms with Crippen molar-refractivity contribution in [3.05, 3.63) is 57.8 Å². The zero-order chi connectivity index (χ0) is 18.0. The van der Waals surface area contributed by atoms with Crippen LogP contribution in [0.15, 0.2) is 51.2 Å². The van der Waals surface area contributed by atoms with Gasteiger partial charge in [-0.25, -0.2) is 8.42 Å². The van der Waals surface area contributed by atoms with Gasteiger partial charge < -0.3 is 4.52 Å². The average Bonchev–Trinajstić information content (AvgIpc) is 3.25. The summed E-state index contributed by atoms with van der Waals surface area (Å²) in [5, 5.41) is 16.7. The van der Waals surface area contributed by atoms with Gasteiger partial charge in [-0.05, 0) is 17.5 Å². The number of thiophene rings is 1. The smallest absolute Gasteiger partial charge is 0.289 e. The van der Waals surface area contributed by atoms with E-state index < -0.39 is 20.6 Å².